The molecule has 0 bridgehead atoms. The van der Waals surface area contributed by atoms with Crippen molar-refractivity contribution in [2.75, 3.05) is 0 Å². The highest BCUT2D eigenvalue weighted by Crippen LogP contribution is 2.16. The Hall–Kier alpha value is -0.800. The Balaban J connectivity index is 1.67. The summed E-state index contributed by atoms with van der Waals surface area (Å²) in [4.78, 5) is 0. The standard InChI is InChI=1S/C17H33N4/c1-2-3-4-5-6-7-8-9-10-11-12-13-14-15-16-17-18-20-21-19-17/h17H,1-16H2. The molecule has 0 N–H and O–H groups in total. The van der Waals surface area contributed by atoms with Gasteiger partial charge in [-0.25, -0.2) is 0 Å². The van der Waals surface area contributed by atoms with Crippen molar-refractivity contribution in [3.05, 3.63) is 6.92 Å². The van der Waals surface area contributed by atoms with Gasteiger partial charge in [0.25, 0.3) is 0 Å². The maximum Gasteiger partial charge on any atom is 0.185 e. The molecule has 0 atom stereocenters. The van der Waals surface area contributed by atoms with E-state index in [-0.39, 0.29) is 6.17 Å². The monoisotopic (exact) mass is 293 g/mol. The van der Waals surface area contributed by atoms with Crippen molar-refractivity contribution in [1.29, 1.82) is 0 Å². The zero-order valence-corrected chi connectivity index (χ0v) is 13.7. The van der Waals surface area contributed by atoms with E-state index in [0.717, 1.165) is 12.8 Å². The topological polar surface area (TPSA) is 49.4 Å². The van der Waals surface area contributed by atoms with Gasteiger partial charge in [-0.15, -0.1) is 10.2 Å². The van der Waals surface area contributed by atoms with Gasteiger partial charge in [0.2, 0.25) is 0 Å². The summed E-state index contributed by atoms with van der Waals surface area (Å²) in [6.07, 6.45) is 20.0. The SMILES string of the molecule is [CH2]CCCCCCCCCCCCCCCC1N=NN=N1. The molecule has 4 heteroatoms. The number of hydrogen-bond acceptors (Lipinski definition) is 4. The molecule has 0 aliphatic carbocycles. The van der Waals surface area contributed by atoms with E-state index in [1.54, 1.807) is 0 Å². The normalized spacial score (nSPS) is 14.3. The second kappa shape index (κ2) is 14.2. The lowest BCUT2D eigenvalue weighted by Crippen LogP contribution is -1.95. The number of rotatable bonds is 15. The Morgan fingerprint density at radius 3 is 1.33 bits per heavy atom. The Kier molecular flexibility index (Phi) is 12.3. The largest absolute Gasteiger partial charge is 0.185 e. The van der Waals surface area contributed by atoms with Crippen molar-refractivity contribution in [3.63, 3.8) is 0 Å². The third-order valence-corrected chi connectivity index (χ3v) is 4.12. The van der Waals surface area contributed by atoms with Crippen LogP contribution in [-0.2, 0) is 0 Å². The van der Waals surface area contributed by atoms with Crippen LogP contribution < -0.4 is 0 Å². The summed E-state index contributed by atoms with van der Waals surface area (Å²) in [6, 6.07) is 0. The first kappa shape index (κ1) is 18.2. The molecule has 0 aromatic heterocycles. The van der Waals surface area contributed by atoms with Crippen LogP contribution in [0.1, 0.15) is 96.3 Å². The molecule has 21 heavy (non-hydrogen) atoms. The van der Waals surface area contributed by atoms with Gasteiger partial charge in [-0.1, -0.05) is 90.4 Å². The van der Waals surface area contributed by atoms with Crippen molar-refractivity contribution in [2.45, 2.75) is 102 Å². The van der Waals surface area contributed by atoms with Gasteiger partial charge in [0.05, 0.1) is 0 Å². The lowest BCUT2D eigenvalue weighted by atomic mass is 10.0. The number of nitrogens with zero attached hydrogens (tertiary/aromatic N) is 4. The highest BCUT2D eigenvalue weighted by molar-refractivity contribution is 4.61. The maximum atomic E-state index is 3.92. The van der Waals surface area contributed by atoms with Crippen LogP contribution in [0.25, 0.3) is 0 Å². The van der Waals surface area contributed by atoms with Crippen molar-refractivity contribution < 1.29 is 0 Å². The van der Waals surface area contributed by atoms with Gasteiger partial charge in [0.1, 0.15) is 0 Å². The van der Waals surface area contributed by atoms with E-state index in [1.165, 1.54) is 83.5 Å². The molecular formula is C17H33N4. The Labute approximate surface area is 130 Å². The third-order valence-electron chi connectivity index (χ3n) is 4.12. The molecule has 0 aromatic carbocycles. The molecule has 0 fully saturated rings. The van der Waals surface area contributed by atoms with E-state index < -0.39 is 0 Å². The lowest BCUT2D eigenvalue weighted by molar-refractivity contribution is 0.520. The summed E-state index contributed by atoms with van der Waals surface area (Å²) in [5.41, 5.74) is 0. The molecule has 4 nitrogen and oxygen atoms in total. The van der Waals surface area contributed by atoms with Gasteiger partial charge in [-0.05, 0) is 23.3 Å². The van der Waals surface area contributed by atoms with E-state index in [0.29, 0.717) is 0 Å². The van der Waals surface area contributed by atoms with E-state index in [1.807, 2.05) is 0 Å². The first-order chi connectivity index (χ1) is 10.4. The average Bonchev–Trinajstić information content (AvgIpc) is 3.01. The van der Waals surface area contributed by atoms with E-state index in [4.69, 9.17) is 0 Å². The summed E-state index contributed by atoms with van der Waals surface area (Å²) in [6.45, 7) is 3.88. The number of hydrogen-bond donors (Lipinski definition) is 0. The van der Waals surface area contributed by atoms with Crippen LogP contribution in [0.4, 0.5) is 0 Å². The van der Waals surface area contributed by atoms with Gasteiger partial charge < -0.3 is 0 Å². The summed E-state index contributed by atoms with van der Waals surface area (Å²) < 4.78 is 0. The van der Waals surface area contributed by atoms with Crippen LogP contribution >= 0.6 is 0 Å². The molecule has 0 aromatic rings. The molecule has 0 amide bonds. The van der Waals surface area contributed by atoms with Crippen LogP contribution in [0, 0.1) is 6.92 Å². The molecule has 1 aliphatic rings. The predicted molar refractivity (Wildman–Crippen MR) is 88.1 cm³/mol. The third kappa shape index (κ3) is 11.5. The fraction of sp³-hybridized carbons (Fsp3) is 0.941. The summed E-state index contributed by atoms with van der Waals surface area (Å²) in [5, 5.41) is 14.9. The minimum absolute atomic E-state index is 0.0265. The van der Waals surface area contributed by atoms with Crippen molar-refractivity contribution in [1.82, 2.24) is 0 Å². The number of unbranched alkanes of at least 4 members (excludes halogenated alkanes) is 13. The van der Waals surface area contributed by atoms with Gasteiger partial charge >= 0.3 is 0 Å². The lowest BCUT2D eigenvalue weighted by Gasteiger charge is -2.03. The molecule has 1 aliphatic heterocycles. The molecule has 0 spiro atoms. The molecule has 1 radical (unpaired) electrons. The van der Waals surface area contributed by atoms with Crippen LogP contribution in [0.3, 0.4) is 0 Å². The van der Waals surface area contributed by atoms with Crippen LogP contribution in [-0.4, -0.2) is 6.17 Å². The van der Waals surface area contributed by atoms with Gasteiger partial charge in [-0.2, -0.15) is 0 Å². The van der Waals surface area contributed by atoms with E-state index in [2.05, 4.69) is 27.6 Å². The smallest absolute Gasteiger partial charge is 0.138 e. The zero-order chi connectivity index (χ0) is 15.0. The Bertz CT molecular complexity index is 264. The summed E-state index contributed by atoms with van der Waals surface area (Å²) >= 11 is 0. The fourth-order valence-corrected chi connectivity index (χ4v) is 2.75. The van der Waals surface area contributed by atoms with Crippen LogP contribution in [0.15, 0.2) is 20.7 Å². The van der Waals surface area contributed by atoms with Crippen LogP contribution in [0.5, 0.6) is 0 Å². The van der Waals surface area contributed by atoms with Gasteiger partial charge in [0.15, 0.2) is 6.17 Å². The second-order valence-electron chi connectivity index (χ2n) is 6.13. The second-order valence-corrected chi connectivity index (χ2v) is 6.13. The molecule has 1 heterocycles. The summed E-state index contributed by atoms with van der Waals surface area (Å²) in [7, 11) is 0. The minimum atomic E-state index is 0.0265. The average molecular weight is 293 g/mol. The van der Waals surface area contributed by atoms with Crippen LogP contribution in [0.2, 0.25) is 0 Å². The maximum absolute atomic E-state index is 3.92. The zero-order valence-electron chi connectivity index (χ0n) is 13.7. The van der Waals surface area contributed by atoms with Gasteiger partial charge in [-0.3, -0.25) is 0 Å². The van der Waals surface area contributed by atoms with Crippen molar-refractivity contribution in [2.24, 2.45) is 20.7 Å². The quantitative estimate of drug-likeness (QED) is 0.297. The van der Waals surface area contributed by atoms with E-state index in [9.17, 15) is 0 Å². The Morgan fingerprint density at radius 2 is 0.905 bits per heavy atom. The molecule has 0 saturated heterocycles. The molecule has 0 unspecified atom stereocenters. The first-order valence-electron chi connectivity index (χ1n) is 9.02. The summed E-state index contributed by atoms with van der Waals surface area (Å²) in [5.74, 6) is 0. The highest BCUT2D eigenvalue weighted by Gasteiger charge is 2.07. The highest BCUT2D eigenvalue weighted by atomic mass is 15.6. The Morgan fingerprint density at radius 1 is 0.524 bits per heavy atom. The fourth-order valence-electron chi connectivity index (χ4n) is 2.75. The molecular weight excluding hydrogens is 260 g/mol. The predicted octanol–water partition coefficient (Wildman–Crippen LogP) is 6.83. The molecule has 1 rings (SSSR count). The van der Waals surface area contributed by atoms with E-state index >= 15 is 0 Å². The first-order valence-corrected chi connectivity index (χ1v) is 9.02. The van der Waals surface area contributed by atoms with Crippen molar-refractivity contribution >= 4 is 0 Å². The molecule has 0 saturated carbocycles. The molecule has 121 valence electrons. The minimum Gasteiger partial charge on any atom is -0.138 e. The van der Waals surface area contributed by atoms with Gasteiger partial charge in [0, 0.05) is 0 Å². The van der Waals surface area contributed by atoms with Crippen molar-refractivity contribution in [3.8, 4) is 0 Å².